The summed E-state index contributed by atoms with van der Waals surface area (Å²) >= 11 is 0. The number of rotatable bonds is 1. The Morgan fingerprint density at radius 1 is 1.31 bits per heavy atom. The molecule has 0 radical (unpaired) electrons. The van der Waals surface area contributed by atoms with E-state index in [0.717, 1.165) is 5.69 Å². The topological polar surface area (TPSA) is 58.7 Å². The molecule has 1 aliphatic rings. The molecule has 0 atom stereocenters. The van der Waals surface area contributed by atoms with Gasteiger partial charge in [-0.2, -0.15) is 10.1 Å². The maximum Gasteiger partial charge on any atom is 0.255 e. The van der Waals surface area contributed by atoms with Crippen LogP contribution in [0.2, 0.25) is 0 Å². The van der Waals surface area contributed by atoms with Crippen LogP contribution >= 0.6 is 0 Å². The molecule has 0 aromatic heterocycles. The summed E-state index contributed by atoms with van der Waals surface area (Å²) in [5.74, 6) is 0.289. The number of nitrogens with zero attached hydrogens (tertiary/aromatic N) is 2. The minimum absolute atomic E-state index is 0.0799. The van der Waals surface area contributed by atoms with Gasteiger partial charge in [-0.3, -0.25) is 4.79 Å². The average Bonchev–Trinajstić information content (AvgIpc) is 2.47. The maximum absolute atomic E-state index is 11.3. The van der Waals surface area contributed by atoms with E-state index in [9.17, 15) is 4.79 Å². The Morgan fingerprint density at radius 2 is 2.00 bits per heavy atom. The molecule has 0 unspecified atom stereocenters. The third kappa shape index (κ3) is 1.38. The van der Waals surface area contributed by atoms with E-state index in [1.54, 1.807) is 0 Å². The molecule has 1 aliphatic heterocycles. The van der Waals surface area contributed by atoms with Gasteiger partial charge in [-0.15, -0.1) is 0 Å². The Morgan fingerprint density at radius 3 is 2.54 bits per heavy atom. The molecule has 1 aromatic rings. The summed E-state index contributed by atoms with van der Waals surface area (Å²) in [7, 11) is 0. The molecular weight excluding hydrogens is 166 g/mol. The normalized spacial score (nSPS) is 16.2. The van der Waals surface area contributed by atoms with Crippen molar-refractivity contribution in [2.45, 2.75) is 6.42 Å². The Hall–Kier alpha value is -1.84. The van der Waals surface area contributed by atoms with Gasteiger partial charge >= 0.3 is 0 Å². The average molecular weight is 175 g/mol. The van der Waals surface area contributed by atoms with Crippen molar-refractivity contribution in [1.29, 1.82) is 0 Å². The Labute approximate surface area is 75.6 Å². The minimum Gasteiger partial charge on any atom is -0.385 e. The van der Waals surface area contributed by atoms with Crippen LogP contribution in [0.4, 0.5) is 5.69 Å². The van der Waals surface area contributed by atoms with E-state index in [0.29, 0.717) is 5.84 Å². The zero-order valence-corrected chi connectivity index (χ0v) is 6.97. The number of amidine groups is 1. The zero-order valence-electron chi connectivity index (χ0n) is 6.97. The van der Waals surface area contributed by atoms with E-state index in [-0.39, 0.29) is 12.3 Å². The van der Waals surface area contributed by atoms with Gasteiger partial charge < -0.3 is 5.73 Å². The number of anilines is 1. The molecular formula is C9H9N3O. The predicted molar refractivity (Wildman–Crippen MR) is 50.2 cm³/mol. The van der Waals surface area contributed by atoms with Crippen LogP contribution in [0.25, 0.3) is 0 Å². The molecule has 0 spiro atoms. The summed E-state index contributed by atoms with van der Waals surface area (Å²) in [5.41, 5.74) is 6.20. The highest BCUT2D eigenvalue weighted by atomic mass is 16.2. The van der Waals surface area contributed by atoms with Gasteiger partial charge in [-0.25, -0.2) is 0 Å². The van der Waals surface area contributed by atoms with Gasteiger partial charge in [0, 0.05) is 0 Å². The highest BCUT2D eigenvalue weighted by molar-refractivity contribution is 6.11. The summed E-state index contributed by atoms with van der Waals surface area (Å²) in [6.07, 6.45) is 0.217. The summed E-state index contributed by atoms with van der Waals surface area (Å²) in [6.45, 7) is 0. The number of nitrogens with two attached hydrogens (primary N) is 1. The first-order valence-electron chi connectivity index (χ1n) is 3.98. The molecule has 1 heterocycles. The maximum atomic E-state index is 11.3. The molecule has 0 bridgehead atoms. The number of para-hydroxylation sites is 1. The van der Waals surface area contributed by atoms with Crippen molar-refractivity contribution >= 4 is 17.4 Å². The van der Waals surface area contributed by atoms with Crippen molar-refractivity contribution in [2.75, 3.05) is 5.01 Å². The van der Waals surface area contributed by atoms with E-state index in [1.807, 2.05) is 30.3 Å². The SMILES string of the molecule is NC1=NN(c2ccccc2)C(=O)C1. The molecule has 66 valence electrons. The lowest BCUT2D eigenvalue weighted by atomic mass is 10.3. The third-order valence-corrected chi connectivity index (χ3v) is 1.80. The fourth-order valence-electron chi connectivity index (χ4n) is 1.22. The molecule has 1 aromatic carbocycles. The zero-order chi connectivity index (χ0) is 9.26. The Bertz CT molecular complexity index is 358. The fourth-order valence-corrected chi connectivity index (χ4v) is 1.22. The second kappa shape index (κ2) is 2.90. The second-order valence-electron chi connectivity index (χ2n) is 2.81. The molecule has 13 heavy (non-hydrogen) atoms. The van der Waals surface area contributed by atoms with Gasteiger partial charge in [-0.1, -0.05) is 18.2 Å². The smallest absolute Gasteiger partial charge is 0.255 e. The highest BCUT2D eigenvalue weighted by Crippen LogP contribution is 2.18. The van der Waals surface area contributed by atoms with Gasteiger partial charge in [-0.05, 0) is 12.1 Å². The van der Waals surface area contributed by atoms with Crippen molar-refractivity contribution in [3.8, 4) is 0 Å². The molecule has 4 heteroatoms. The number of hydrazone groups is 1. The minimum atomic E-state index is -0.0799. The number of hydrogen-bond acceptors (Lipinski definition) is 3. The van der Waals surface area contributed by atoms with Crippen LogP contribution in [-0.4, -0.2) is 11.7 Å². The van der Waals surface area contributed by atoms with Crippen LogP contribution in [0.5, 0.6) is 0 Å². The predicted octanol–water partition coefficient (Wildman–Crippen LogP) is 0.696. The van der Waals surface area contributed by atoms with Gasteiger partial charge in [0.15, 0.2) is 0 Å². The summed E-state index contributed by atoms with van der Waals surface area (Å²) < 4.78 is 0. The van der Waals surface area contributed by atoms with Gasteiger partial charge in [0.2, 0.25) is 0 Å². The first kappa shape index (κ1) is 7.79. The Kier molecular flexibility index (Phi) is 1.73. The largest absolute Gasteiger partial charge is 0.385 e. The third-order valence-electron chi connectivity index (χ3n) is 1.80. The number of benzene rings is 1. The first-order valence-corrected chi connectivity index (χ1v) is 3.98. The van der Waals surface area contributed by atoms with E-state index in [4.69, 9.17) is 5.73 Å². The molecule has 0 aliphatic carbocycles. The van der Waals surface area contributed by atoms with Crippen molar-refractivity contribution in [2.24, 2.45) is 10.8 Å². The van der Waals surface area contributed by atoms with Crippen LogP contribution in [0.15, 0.2) is 35.4 Å². The van der Waals surface area contributed by atoms with Crippen LogP contribution in [-0.2, 0) is 4.79 Å². The molecule has 0 saturated heterocycles. The van der Waals surface area contributed by atoms with E-state index in [1.165, 1.54) is 5.01 Å². The van der Waals surface area contributed by atoms with Crippen LogP contribution in [0.3, 0.4) is 0 Å². The summed E-state index contributed by atoms with van der Waals surface area (Å²) in [6, 6.07) is 9.23. The second-order valence-corrected chi connectivity index (χ2v) is 2.81. The Balaban J connectivity index is 2.33. The quantitative estimate of drug-likeness (QED) is 0.682. The van der Waals surface area contributed by atoms with Gasteiger partial charge in [0.25, 0.3) is 5.91 Å². The fraction of sp³-hybridized carbons (Fsp3) is 0.111. The molecule has 1 amide bonds. The highest BCUT2D eigenvalue weighted by Gasteiger charge is 2.22. The molecule has 2 rings (SSSR count). The molecule has 0 fully saturated rings. The van der Waals surface area contributed by atoms with Crippen LogP contribution in [0.1, 0.15) is 6.42 Å². The lowest BCUT2D eigenvalue weighted by Crippen LogP contribution is -2.19. The molecule has 4 nitrogen and oxygen atoms in total. The lowest BCUT2D eigenvalue weighted by Gasteiger charge is -2.10. The first-order chi connectivity index (χ1) is 6.27. The van der Waals surface area contributed by atoms with E-state index in [2.05, 4.69) is 5.10 Å². The summed E-state index contributed by atoms with van der Waals surface area (Å²) in [5, 5.41) is 5.25. The van der Waals surface area contributed by atoms with Crippen LogP contribution < -0.4 is 10.7 Å². The van der Waals surface area contributed by atoms with Crippen molar-refractivity contribution in [3.63, 3.8) is 0 Å². The van der Waals surface area contributed by atoms with E-state index >= 15 is 0 Å². The van der Waals surface area contributed by atoms with Crippen molar-refractivity contribution in [1.82, 2.24) is 0 Å². The number of carbonyl (C=O) groups excluding carboxylic acids is 1. The lowest BCUT2D eigenvalue weighted by molar-refractivity contribution is -0.116. The number of amides is 1. The number of hydrogen-bond donors (Lipinski definition) is 1. The van der Waals surface area contributed by atoms with Crippen molar-refractivity contribution < 1.29 is 4.79 Å². The molecule has 0 saturated carbocycles. The monoisotopic (exact) mass is 175 g/mol. The summed E-state index contributed by atoms with van der Waals surface area (Å²) in [4.78, 5) is 11.3. The van der Waals surface area contributed by atoms with Gasteiger partial charge in [0.05, 0.1) is 12.1 Å². The standard InChI is InChI=1S/C9H9N3O/c10-8-6-9(13)12(11-8)7-4-2-1-3-5-7/h1-5H,6H2,(H2,10,11). The van der Waals surface area contributed by atoms with E-state index < -0.39 is 0 Å². The van der Waals surface area contributed by atoms with Crippen LogP contribution in [0, 0.1) is 0 Å². The number of carbonyl (C=O) groups is 1. The van der Waals surface area contributed by atoms with Gasteiger partial charge in [0.1, 0.15) is 5.84 Å². The van der Waals surface area contributed by atoms with Crippen molar-refractivity contribution in [3.05, 3.63) is 30.3 Å². The molecule has 2 N–H and O–H groups in total.